The highest BCUT2D eigenvalue weighted by molar-refractivity contribution is 4.90. The zero-order valence-electron chi connectivity index (χ0n) is 15.4. The number of ether oxygens (including phenoxy) is 1. The Morgan fingerprint density at radius 1 is 0.682 bits per heavy atom. The molecule has 1 heterocycles. The summed E-state index contributed by atoms with van der Waals surface area (Å²) in [7, 11) is 0. The molecule has 1 atom stereocenters. The number of hydrogen-bond donors (Lipinski definition) is 1. The zero-order chi connectivity index (χ0) is 15.9. The van der Waals surface area contributed by atoms with Gasteiger partial charge in [-0.1, -0.05) is 97.3 Å². The number of unbranched alkanes of at least 4 members (excludes halogenated alkanes) is 11. The average molecular weight is 312 g/mol. The van der Waals surface area contributed by atoms with E-state index in [0.717, 1.165) is 13.3 Å². The summed E-state index contributed by atoms with van der Waals surface area (Å²) in [6.07, 6.45) is 20.8. The molecule has 0 saturated carbocycles. The molecule has 1 aliphatic heterocycles. The first-order valence-electron chi connectivity index (χ1n) is 10.2. The van der Waals surface area contributed by atoms with Gasteiger partial charge in [-0.3, -0.25) is 5.32 Å². The van der Waals surface area contributed by atoms with Gasteiger partial charge < -0.3 is 4.74 Å². The number of nitrogens with one attached hydrogen (secondary N) is 1. The minimum atomic E-state index is 0.314. The van der Waals surface area contributed by atoms with E-state index < -0.39 is 0 Å². The van der Waals surface area contributed by atoms with Crippen molar-refractivity contribution in [2.75, 3.05) is 13.3 Å². The Balaban J connectivity index is 2.05. The summed E-state index contributed by atoms with van der Waals surface area (Å²) >= 11 is 0. The minimum Gasteiger partial charge on any atom is -0.364 e. The Hall–Kier alpha value is -0.0800. The minimum absolute atomic E-state index is 0.314. The lowest BCUT2D eigenvalue weighted by molar-refractivity contribution is 0.168. The van der Waals surface area contributed by atoms with Crippen molar-refractivity contribution in [3.8, 4) is 0 Å². The van der Waals surface area contributed by atoms with Gasteiger partial charge in [-0.05, 0) is 12.8 Å². The van der Waals surface area contributed by atoms with Gasteiger partial charge in [0.05, 0.1) is 13.3 Å². The van der Waals surface area contributed by atoms with Crippen LogP contribution in [0.5, 0.6) is 0 Å². The van der Waals surface area contributed by atoms with Gasteiger partial charge >= 0.3 is 0 Å². The maximum Gasteiger partial charge on any atom is 0.0971 e. The Morgan fingerprint density at radius 2 is 1.14 bits per heavy atom. The van der Waals surface area contributed by atoms with E-state index in [1.54, 1.807) is 0 Å². The topological polar surface area (TPSA) is 21.3 Å². The molecule has 22 heavy (non-hydrogen) atoms. The highest BCUT2D eigenvalue weighted by Gasteiger charge is 2.32. The van der Waals surface area contributed by atoms with Crippen molar-refractivity contribution in [1.82, 2.24) is 5.32 Å². The second-order valence-corrected chi connectivity index (χ2v) is 7.34. The molecule has 1 rings (SSSR count). The third kappa shape index (κ3) is 9.15. The summed E-state index contributed by atoms with van der Waals surface area (Å²) < 4.78 is 5.65. The lowest BCUT2D eigenvalue weighted by Crippen LogP contribution is -2.42. The van der Waals surface area contributed by atoms with Gasteiger partial charge in [0.1, 0.15) is 0 Å². The second kappa shape index (κ2) is 13.4. The van der Waals surface area contributed by atoms with E-state index in [1.807, 2.05) is 0 Å². The Kier molecular flexibility index (Phi) is 12.1. The van der Waals surface area contributed by atoms with Crippen molar-refractivity contribution >= 4 is 0 Å². The van der Waals surface area contributed by atoms with Crippen molar-refractivity contribution in [2.24, 2.45) is 0 Å². The lowest BCUT2D eigenvalue weighted by Gasteiger charge is -2.28. The fourth-order valence-electron chi connectivity index (χ4n) is 3.61. The van der Waals surface area contributed by atoms with Gasteiger partial charge in [0.15, 0.2) is 0 Å². The summed E-state index contributed by atoms with van der Waals surface area (Å²) in [6.45, 7) is 6.29. The van der Waals surface area contributed by atoms with E-state index in [1.165, 1.54) is 96.3 Å². The highest BCUT2D eigenvalue weighted by atomic mass is 16.5. The van der Waals surface area contributed by atoms with E-state index >= 15 is 0 Å². The molecule has 0 bridgehead atoms. The molecule has 0 aliphatic carbocycles. The molecule has 1 N–H and O–H groups in total. The zero-order valence-corrected chi connectivity index (χ0v) is 15.4. The predicted molar refractivity (Wildman–Crippen MR) is 97.3 cm³/mol. The molecule has 1 saturated heterocycles. The van der Waals surface area contributed by atoms with E-state index in [2.05, 4.69) is 19.2 Å². The molecule has 0 amide bonds. The van der Waals surface area contributed by atoms with Crippen LogP contribution in [0.2, 0.25) is 0 Å². The van der Waals surface area contributed by atoms with Crippen molar-refractivity contribution in [3.63, 3.8) is 0 Å². The molecule has 132 valence electrons. The molecule has 0 aromatic heterocycles. The van der Waals surface area contributed by atoms with Gasteiger partial charge in [-0.2, -0.15) is 0 Å². The Labute approximate surface area is 139 Å². The molecule has 0 aromatic rings. The average Bonchev–Trinajstić information content (AvgIpc) is 2.99. The summed E-state index contributed by atoms with van der Waals surface area (Å²) in [5.74, 6) is 0. The lowest BCUT2D eigenvalue weighted by atomic mass is 9.87. The number of hydrogen-bond acceptors (Lipinski definition) is 2. The van der Waals surface area contributed by atoms with Crippen molar-refractivity contribution in [3.05, 3.63) is 0 Å². The molecule has 0 spiro atoms. The van der Waals surface area contributed by atoms with Crippen LogP contribution in [-0.4, -0.2) is 18.9 Å². The Morgan fingerprint density at radius 3 is 1.55 bits per heavy atom. The van der Waals surface area contributed by atoms with E-state index in [0.29, 0.717) is 5.54 Å². The summed E-state index contributed by atoms with van der Waals surface area (Å²) in [4.78, 5) is 0. The second-order valence-electron chi connectivity index (χ2n) is 7.34. The van der Waals surface area contributed by atoms with E-state index in [9.17, 15) is 0 Å². The normalized spacial score (nSPS) is 21.5. The summed E-state index contributed by atoms with van der Waals surface area (Å²) in [6, 6.07) is 0. The fourth-order valence-corrected chi connectivity index (χ4v) is 3.61. The largest absolute Gasteiger partial charge is 0.364 e. The quantitative estimate of drug-likeness (QED) is 0.364. The maximum atomic E-state index is 5.65. The van der Waals surface area contributed by atoms with Gasteiger partial charge in [-0.15, -0.1) is 0 Å². The fraction of sp³-hybridized carbons (Fsp3) is 1.00. The molecule has 2 heteroatoms. The molecule has 1 unspecified atom stereocenters. The molecular formula is C20H41NO. The molecule has 0 radical (unpaired) electrons. The highest BCUT2D eigenvalue weighted by Crippen LogP contribution is 2.26. The summed E-state index contributed by atoms with van der Waals surface area (Å²) in [5, 5.41) is 3.66. The van der Waals surface area contributed by atoms with E-state index in [4.69, 9.17) is 4.74 Å². The number of rotatable bonds is 15. The summed E-state index contributed by atoms with van der Waals surface area (Å²) in [5.41, 5.74) is 0.314. The first-order chi connectivity index (χ1) is 10.8. The predicted octanol–water partition coefficient (Wildman–Crippen LogP) is 6.19. The van der Waals surface area contributed by atoms with Crippen molar-refractivity contribution in [1.29, 1.82) is 0 Å². The smallest absolute Gasteiger partial charge is 0.0971 e. The van der Waals surface area contributed by atoms with Crippen LogP contribution in [-0.2, 0) is 4.74 Å². The molecule has 2 nitrogen and oxygen atoms in total. The van der Waals surface area contributed by atoms with Crippen LogP contribution >= 0.6 is 0 Å². The SMILES string of the molecule is CCCCCCCCCCC1(CCCCCCC)COCN1. The molecular weight excluding hydrogens is 270 g/mol. The van der Waals surface area contributed by atoms with Crippen LogP contribution < -0.4 is 5.32 Å². The van der Waals surface area contributed by atoms with Crippen LogP contribution in [0.1, 0.15) is 110 Å². The monoisotopic (exact) mass is 311 g/mol. The van der Waals surface area contributed by atoms with Gasteiger partial charge in [-0.25, -0.2) is 0 Å². The van der Waals surface area contributed by atoms with Crippen LogP contribution in [0.25, 0.3) is 0 Å². The van der Waals surface area contributed by atoms with Gasteiger partial charge in [0.2, 0.25) is 0 Å². The molecule has 1 fully saturated rings. The standard InChI is InChI=1S/C20H41NO/c1-3-5-7-9-10-11-13-15-17-20(18-22-19-21-20)16-14-12-8-6-4-2/h21H,3-19H2,1-2H3. The van der Waals surface area contributed by atoms with Gasteiger partial charge in [0.25, 0.3) is 0 Å². The van der Waals surface area contributed by atoms with Crippen molar-refractivity contribution < 1.29 is 4.74 Å². The third-order valence-electron chi connectivity index (χ3n) is 5.20. The first kappa shape index (κ1) is 20.0. The first-order valence-corrected chi connectivity index (χ1v) is 10.2. The maximum absolute atomic E-state index is 5.65. The van der Waals surface area contributed by atoms with Crippen LogP contribution in [0.15, 0.2) is 0 Å². The van der Waals surface area contributed by atoms with Crippen LogP contribution in [0, 0.1) is 0 Å². The van der Waals surface area contributed by atoms with Crippen LogP contribution in [0.3, 0.4) is 0 Å². The van der Waals surface area contributed by atoms with Crippen molar-refractivity contribution in [2.45, 2.75) is 116 Å². The third-order valence-corrected chi connectivity index (χ3v) is 5.20. The van der Waals surface area contributed by atoms with E-state index in [-0.39, 0.29) is 0 Å². The van der Waals surface area contributed by atoms with Crippen LogP contribution in [0.4, 0.5) is 0 Å². The Bertz CT molecular complexity index is 236. The molecule has 0 aromatic carbocycles. The van der Waals surface area contributed by atoms with Gasteiger partial charge in [0, 0.05) is 5.54 Å². The molecule has 1 aliphatic rings.